The predicted molar refractivity (Wildman–Crippen MR) is 73.1 cm³/mol. The van der Waals surface area contributed by atoms with Crippen LogP contribution in [0.15, 0.2) is 28.9 Å². The minimum Gasteiger partial charge on any atom is -0.507 e. The van der Waals surface area contributed by atoms with E-state index < -0.39 is 0 Å². The maximum Gasteiger partial charge on any atom is 0.141 e. The van der Waals surface area contributed by atoms with Crippen LogP contribution in [0.3, 0.4) is 0 Å². The Morgan fingerprint density at radius 2 is 1.95 bits per heavy atom. The molecular formula is C15H14N2O2. The zero-order valence-corrected chi connectivity index (χ0v) is 11.1. The first kappa shape index (κ1) is 11.7. The fourth-order valence-electron chi connectivity index (χ4n) is 2.42. The van der Waals surface area contributed by atoms with Crippen molar-refractivity contribution in [3.05, 3.63) is 41.4 Å². The van der Waals surface area contributed by atoms with Crippen molar-refractivity contribution in [3.8, 4) is 16.9 Å². The van der Waals surface area contributed by atoms with Gasteiger partial charge in [-0.15, -0.1) is 0 Å². The van der Waals surface area contributed by atoms with Gasteiger partial charge in [0.15, 0.2) is 0 Å². The molecule has 3 aromatic rings. The Kier molecular flexibility index (Phi) is 2.52. The molecule has 0 amide bonds. The van der Waals surface area contributed by atoms with Gasteiger partial charge in [-0.1, -0.05) is 5.16 Å². The van der Waals surface area contributed by atoms with E-state index in [0.717, 1.165) is 39.0 Å². The standard InChI is InChI=1S/C15H14N2O2/c1-8-6-12-13(16-5-4-14(12)18)7-11(8)15-9(2)17-19-10(15)3/h4-7H,1-3H3,(H,16,18). The van der Waals surface area contributed by atoms with E-state index in [1.807, 2.05) is 32.9 Å². The Morgan fingerprint density at radius 1 is 1.16 bits per heavy atom. The fourth-order valence-corrected chi connectivity index (χ4v) is 2.42. The first-order valence-corrected chi connectivity index (χ1v) is 6.09. The van der Waals surface area contributed by atoms with Gasteiger partial charge in [-0.25, -0.2) is 0 Å². The molecule has 0 radical (unpaired) electrons. The second-order valence-corrected chi connectivity index (χ2v) is 4.71. The van der Waals surface area contributed by atoms with Crippen molar-refractivity contribution in [2.45, 2.75) is 20.8 Å². The molecule has 0 aliphatic carbocycles. The Balaban J connectivity index is 2.34. The van der Waals surface area contributed by atoms with Gasteiger partial charge in [0.2, 0.25) is 0 Å². The van der Waals surface area contributed by atoms with Crippen LogP contribution in [-0.4, -0.2) is 15.2 Å². The zero-order valence-electron chi connectivity index (χ0n) is 11.1. The van der Waals surface area contributed by atoms with E-state index in [-0.39, 0.29) is 5.75 Å². The molecule has 3 rings (SSSR count). The van der Waals surface area contributed by atoms with E-state index in [0.29, 0.717) is 0 Å². The lowest BCUT2D eigenvalue weighted by atomic mass is 9.97. The molecule has 0 aliphatic heterocycles. The molecule has 1 aromatic carbocycles. The molecule has 1 N–H and O–H groups in total. The van der Waals surface area contributed by atoms with E-state index in [1.54, 1.807) is 12.3 Å². The highest BCUT2D eigenvalue weighted by atomic mass is 16.5. The molecule has 0 spiro atoms. The van der Waals surface area contributed by atoms with Gasteiger partial charge in [-0.05, 0) is 50.1 Å². The van der Waals surface area contributed by atoms with Crippen LogP contribution in [0.5, 0.6) is 5.75 Å². The summed E-state index contributed by atoms with van der Waals surface area (Å²) in [6.45, 7) is 5.83. The highest BCUT2D eigenvalue weighted by Crippen LogP contribution is 2.34. The van der Waals surface area contributed by atoms with Crippen LogP contribution >= 0.6 is 0 Å². The minimum absolute atomic E-state index is 0.249. The molecule has 2 aromatic heterocycles. The van der Waals surface area contributed by atoms with E-state index in [9.17, 15) is 5.11 Å². The van der Waals surface area contributed by atoms with Gasteiger partial charge in [0.25, 0.3) is 0 Å². The van der Waals surface area contributed by atoms with Gasteiger partial charge in [0, 0.05) is 17.1 Å². The third-order valence-corrected chi connectivity index (χ3v) is 3.37. The summed E-state index contributed by atoms with van der Waals surface area (Å²) in [5, 5.41) is 14.6. The zero-order chi connectivity index (χ0) is 13.6. The number of fused-ring (bicyclic) bond motifs is 1. The number of aryl methyl sites for hydroxylation is 3. The lowest BCUT2D eigenvalue weighted by Crippen LogP contribution is -1.89. The van der Waals surface area contributed by atoms with Crippen molar-refractivity contribution < 1.29 is 9.63 Å². The predicted octanol–water partition coefficient (Wildman–Crippen LogP) is 3.52. The van der Waals surface area contributed by atoms with Crippen molar-refractivity contribution in [3.63, 3.8) is 0 Å². The third kappa shape index (κ3) is 1.76. The van der Waals surface area contributed by atoms with Crippen LogP contribution < -0.4 is 0 Å². The number of rotatable bonds is 1. The van der Waals surface area contributed by atoms with E-state index in [4.69, 9.17) is 4.52 Å². The molecule has 0 saturated heterocycles. The monoisotopic (exact) mass is 254 g/mol. The third-order valence-electron chi connectivity index (χ3n) is 3.37. The molecule has 0 bridgehead atoms. The SMILES string of the molecule is Cc1cc2c(O)ccnc2cc1-c1c(C)noc1C. The molecule has 0 atom stereocenters. The highest BCUT2D eigenvalue weighted by Gasteiger charge is 2.15. The molecule has 0 fully saturated rings. The average molecular weight is 254 g/mol. The van der Waals surface area contributed by atoms with Crippen LogP contribution in [0.25, 0.3) is 22.0 Å². The Morgan fingerprint density at radius 3 is 2.63 bits per heavy atom. The van der Waals surface area contributed by atoms with Crippen molar-refractivity contribution in [1.29, 1.82) is 0 Å². The number of pyridine rings is 1. The molecule has 19 heavy (non-hydrogen) atoms. The van der Waals surface area contributed by atoms with Crippen LogP contribution in [-0.2, 0) is 0 Å². The van der Waals surface area contributed by atoms with Gasteiger partial charge in [0.05, 0.1) is 11.2 Å². The van der Waals surface area contributed by atoms with E-state index in [2.05, 4.69) is 10.1 Å². The van der Waals surface area contributed by atoms with Crippen LogP contribution in [0.4, 0.5) is 0 Å². The van der Waals surface area contributed by atoms with Gasteiger partial charge in [-0.3, -0.25) is 4.98 Å². The normalized spacial score (nSPS) is 11.1. The summed E-state index contributed by atoms with van der Waals surface area (Å²) in [5.41, 5.74) is 4.73. The van der Waals surface area contributed by atoms with Gasteiger partial charge in [0.1, 0.15) is 11.5 Å². The number of hydrogen-bond donors (Lipinski definition) is 1. The summed E-state index contributed by atoms with van der Waals surface area (Å²) in [5.74, 6) is 1.04. The minimum atomic E-state index is 0.249. The lowest BCUT2D eigenvalue weighted by Gasteiger charge is -2.08. The second-order valence-electron chi connectivity index (χ2n) is 4.71. The summed E-state index contributed by atoms with van der Waals surface area (Å²) in [7, 11) is 0. The molecule has 4 heteroatoms. The summed E-state index contributed by atoms with van der Waals surface area (Å²) >= 11 is 0. The van der Waals surface area contributed by atoms with Crippen molar-refractivity contribution in [2.75, 3.05) is 0 Å². The topological polar surface area (TPSA) is 59.2 Å². The molecule has 2 heterocycles. The molecule has 0 saturated carbocycles. The van der Waals surface area contributed by atoms with Crippen LogP contribution in [0.2, 0.25) is 0 Å². The van der Waals surface area contributed by atoms with E-state index in [1.165, 1.54) is 0 Å². The largest absolute Gasteiger partial charge is 0.507 e. The summed E-state index contributed by atoms with van der Waals surface area (Å²) in [6.07, 6.45) is 1.60. The van der Waals surface area contributed by atoms with Crippen LogP contribution in [0.1, 0.15) is 17.0 Å². The number of hydrogen-bond acceptors (Lipinski definition) is 4. The molecule has 0 unspecified atom stereocenters. The smallest absolute Gasteiger partial charge is 0.141 e. The number of nitrogens with zero attached hydrogens (tertiary/aromatic N) is 2. The Hall–Kier alpha value is -2.36. The van der Waals surface area contributed by atoms with Crippen molar-refractivity contribution in [2.24, 2.45) is 0 Å². The first-order valence-electron chi connectivity index (χ1n) is 6.09. The van der Waals surface area contributed by atoms with E-state index >= 15 is 0 Å². The van der Waals surface area contributed by atoms with Crippen LogP contribution in [0, 0.1) is 20.8 Å². The molecule has 0 aliphatic rings. The lowest BCUT2D eigenvalue weighted by molar-refractivity contribution is 0.393. The molecule has 96 valence electrons. The van der Waals surface area contributed by atoms with Crippen molar-refractivity contribution in [1.82, 2.24) is 10.1 Å². The Labute approximate surface area is 110 Å². The summed E-state index contributed by atoms with van der Waals surface area (Å²) < 4.78 is 5.22. The van der Waals surface area contributed by atoms with Gasteiger partial charge < -0.3 is 9.63 Å². The quantitative estimate of drug-likeness (QED) is 0.721. The maximum absolute atomic E-state index is 9.86. The van der Waals surface area contributed by atoms with Crippen molar-refractivity contribution >= 4 is 10.9 Å². The average Bonchev–Trinajstić information content (AvgIpc) is 2.70. The van der Waals surface area contributed by atoms with Gasteiger partial charge >= 0.3 is 0 Å². The second kappa shape index (κ2) is 4.09. The first-order chi connectivity index (χ1) is 9.08. The number of benzene rings is 1. The summed E-state index contributed by atoms with van der Waals surface area (Å²) in [4.78, 5) is 4.30. The molecular weight excluding hydrogens is 240 g/mol. The Bertz CT molecular complexity index is 756. The number of aromatic nitrogens is 2. The highest BCUT2D eigenvalue weighted by molar-refractivity contribution is 5.90. The maximum atomic E-state index is 9.86. The molecule has 4 nitrogen and oxygen atoms in total. The summed E-state index contributed by atoms with van der Waals surface area (Å²) in [6, 6.07) is 5.51. The van der Waals surface area contributed by atoms with Gasteiger partial charge in [-0.2, -0.15) is 0 Å². The number of aromatic hydroxyl groups is 1. The fraction of sp³-hybridized carbons (Fsp3) is 0.200.